The second-order valence-electron chi connectivity index (χ2n) is 9.44. The smallest absolute Gasteiger partial charge is 0.333 e. The summed E-state index contributed by atoms with van der Waals surface area (Å²) in [6.07, 6.45) is 5.96. The summed E-state index contributed by atoms with van der Waals surface area (Å²) >= 11 is 0. The number of carboxylic acid groups (broad SMARTS) is 1. The number of unbranched alkanes of at least 4 members (excludes halogenated alkanes) is 4. The number of carbonyl (C=O) groups excluding carboxylic acids is 1. The van der Waals surface area contributed by atoms with Gasteiger partial charge in [0.25, 0.3) is 0 Å². The third kappa shape index (κ3) is 10.1. The minimum absolute atomic E-state index is 0.0706. The van der Waals surface area contributed by atoms with E-state index in [9.17, 15) is 14.7 Å². The Morgan fingerprint density at radius 2 is 1.54 bits per heavy atom. The summed E-state index contributed by atoms with van der Waals surface area (Å²) < 4.78 is 5.03. The van der Waals surface area contributed by atoms with Gasteiger partial charge in [-0.2, -0.15) is 0 Å². The number of ether oxygens (including phenoxy) is 1. The predicted octanol–water partition coefficient (Wildman–Crippen LogP) is 6.50. The highest BCUT2D eigenvalue weighted by molar-refractivity contribution is 5.89. The largest absolute Gasteiger partial charge is 0.479 e. The molecule has 0 aromatic heterocycles. The van der Waals surface area contributed by atoms with Gasteiger partial charge in [-0.25, -0.2) is 9.59 Å². The van der Waals surface area contributed by atoms with Crippen LogP contribution in [0.3, 0.4) is 0 Å². The first-order valence-corrected chi connectivity index (χ1v) is 12.8. The van der Waals surface area contributed by atoms with E-state index in [1.807, 2.05) is 41.3 Å². The zero-order valence-corrected chi connectivity index (χ0v) is 21.8. The van der Waals surface area contributed by atoms with Gasteiger partial charge in [0.05, 0.1) is 0 Å². The van der Waals surface area contributed by atoms with Crippen LogP contribution < -0.4 is 5.32 Å². The first kappa shape index (κ1) is 28.4. The third-order valence-electron chi connectivity index (χ3n) is 6.32. The van der Waals surface area contributed by atoms with Crippen LogP contribution in [0.1, 0.15) is 75.5 Å². The van der Waals surface area contributed by atoms with Gasteiger partial charge < -0.3 is 20.1 Å². The van der Waals surface area contributed by atoms with Crippen LogP contribution in [0.5, 0.6) is 0 Å². The van der Waals surface area contributed by atoms with Gasteiger partial charge in [-0.05, 0) is 47.6 Å². The number of carbonyl (C=O) groups is 2. The van der Waals surface area contributed by atoms with Crippen LogP contribution in [0.2, 0.25) is 0 Å². The minimum Gasteiger partial charge on any atom is -0.479 e. The van der Waals surface area contributed by atoms with Gasteiger partial charge in [-0.15, -0.1) is 0 Å². The zero-order chi connectivity index (χ0) is 25.6. The number of anilines is 1. The number of methoxy groups -OCH3 is 1. The molecule has 35 heavy (non-hydrogen) atoms. The SMILES string of the molecule is CCCCCCCN(CCc1ccc(CC(OC)C(=O)O)cc1)C(=O)Nc1ccc(C(C)C)cc1. The molecule has 0 radical (unpaired) electrons. The third-order valence-corrected chi connectivity index (χ3v) is 6.32. The van der Waals surface area contributed by atoms with Crippen molar-refractivity contribution in [1.82, 2.24) is 4.90 Å². The monoisotopic (exact) mass is 482 g/mol. The molecular weight excluding hydrogens is 440 g/mol. The number of rotatable bonds is 15. The van der Waals surface area contributed by atoms with Gasteiger partial charge >= 0.3 is 12.0 Å². The van der Waals surface area contributed by atoms with Crippen molar-refractivity contribution in [2.75, 3.05) is 25.5 Å². The Morgan fingerprint density at radius 1 is 0.914 bits per heavy atom. The predicted molar refractivity (Wildman–Crippen MR) is 142 cm³/mol. The first-order valence-electron chi connectivity index (χ1n) is 12.8. The number of amides is 2. The standard InChI is InChI=1S/C29H42N2O4/c1-5-6-7-8-9-19-31(29(34)30-26-16-14-25(15-17-26)22(2)3)20-18-23-10-12-24(13-11-23)21-27(35-4)28(32)33/h10-17,22,27H,5-9,18-21H2,1-4H3,(H,30,34)(H,32,33). The number of urea groups is 1. The fourth-order valence-electron chi connectivity index (χ4n) is 3.97. The summed E-state index contributed by atoms with van der Waals surface area (Å²) in [7, 11) is 1.41. The van der Waals surface area contributed by atoms with Crippen LogP contribution in [0.15, 0.2) is 48.5 Å². The molecule has 6 nitrogen and oxygen atoms in total. The van der Waals surface area contributed by atoms with Crippen LogP contribution in [-0.2, 0) is 22.4 Å². The molecule has 0 heterocycles. The molecule has 0 saturated heterocycles. The summed E-state index contributed by atoms with van der Waals surface area (Å²) in [5, 5.41) is 12.2. The van der Waals surface area contributed by atoms with Gasteiger partial charge in [0.1, 0.15) is 0 Å². The Morgan fingerprint density at radius 3 is 2.11 bits per heavy atom. The number of aliphatic carboxylic acids is 1. The molecule has 0 aliphatic rings. The topological polar surface area (TPSA) is 78.9 Å². The fourth-order valence-corrected chi connectivity index (χ4v) is 3.97. The maximum Gasteiger partial charge on any atom is 0.333 e. The lowest BCUT2D eigenvalue weighted by atomic mass is 10.0. The van der Waals surface area contributed by atoms with E-state index >= 15 is 0 Å². The van der Waals surface area contributed by atoms with Crippen LogP contribution in [0.4, 0.5) is 10.5 Å². The van der Waals surface area contributed by atoms with E-state index < -0.39 is 12.1 Å². The molecule has 2 aromatic rings. The number of hydrogen-bond acceptors (Lipinski definition) is 3. The quantitative estimate of drug-likeness (QED) is 0.284. The number of nitrogens with zero attached hydrogens (tertiary/aromatic N) is 1. The molecule has 0 aliphatic carbocycles. The maximum atomic E-state index is 13.1. The van der Waals surface area contributed by atoms with Crippen molar-refractivity contribution in [3.05, 3.63) is 65.2 Å². The van der Waals surface area contributed by atoms with Gasteiger partial charge in [0.15, 0.2) is 6.10 Å². The Labute approximate surface area is 210 Å². The van der Waals surface area contributed by atoms with E-state index in [1.54, 1.807) is 0 Å². The summed E-state index contributed by atoms with van der Waals surface area (Å²) in [5.74, 6) is -0.508. The molecule has 0 saturated carbocycles. The van der Waals surface area contributed by atoms with Crippen LogP contribution >= 0.6 is 0 Å². The normalized spacial score (nSPS) is 11.9. The van der Waals surface area contributed by atoms with E-state index in [4.69, 9.17) is 4.74 Å². The highest BCUT2D eigenvalue weighted by atomic mass is 16.5. The Hall–Kier alpha value is -2.86. The average molecular weight is 483 g/mol. The van der Waals surface area contributed by atoms with Crippen LogP contribution in [-0.4, -0.2) is 48.3 Å². The van der Waals surface area contributed by atoms with Gasteiger partial charge in [-0.3, -0.25) is 0 Å². The second-order valence-corrected chi connectivity index (χ2v) is 9.44. The summed E-state index contributed by atoms with van der Waals surface area (Å²) in [6.45, 7) is 7.86. The summed E-state index contributed by atoms with van der Waals surface area (Å²) in [5.41, 5.74) is 4.09. The molecule has 2 rings (SSSR count). The molecule has 2 N–H and O–H groups in total. The van der Waals surface area contributed by atoms with Gasteiger partial charge in [0.2, 0.25) is 0 Å². The summed E-state index contributed by atoms with van der Waals surface area (Å²) in [4.78, 5) is 26.2. The Bertz CT molecular complexity index is 894. The number of nitrogens with one attached hydrogen (secondary N) is 1. The lowest BCUT2D eigenvalue weighted by molar-refractivity contribution is -0.148. The minimum atomic E-state index is -0.962. The second kappa shape index (κ2) is 15.2. The Balaban J connectivity index is 1.98. The highest BCUT2D eigenvalue weighted by Gasteiger charge is 2.17. The molecule has 0 bridgehead atoms. The van der Waals surface area contributed by atoms with E-state index in [2.05, 4.69) is 38.2 Å². The van der Waals surface area contributed by atoms with Gasteiger partial charge in [-0.1, -0.05) is 82.9 Å². The average Bonchev–Trinajstić information content (AvgIpc) is 2.85. The first-order chi connectivity index (χ1) is 16.8. The molecule has 6 heteroatoms. The van der Waals surface area contributed by atoms with Gasteiger partial charge in [0, 0.05) is 32.3 Å². The number of hydrogen-bond donors (Lipinski definition) is 2. The fraction of sp³-hybridized carbons (Fsp3) is 0.517. The maximum absolute atomic E-state index is 13.1. The van der Waals surface area contributed by atoms with Crippen molar-refractivity contribution in [1.29, 1.82) is 0 Å². The number of benzene rings is 2. The van der Waals surface area contributed by atoms with Crippen molar-refractivity contribution in [2.45, 2.75) is 77.7 Å². The lowest BCUT2D eigenvalue weighted by Gasteiger charge is -2.23. The van der Waals surface area contributed by atoms with E-state index in [0.717, 1.165) is 42.6 Å². The highest BCUT2D eigenvalue weighted by Crippen LogP contribution is 2.18. The lowest BCUT2D eigenvalue weighted by Crippen LogP contribution is -2.37. The molecule has 0 aliphatic heterocycles. The van der Waals surface area contributed by atoms with E-state index in [-0.39, 0.29) is 6.03 Å². The molecule has 192 valence electrons. The van der Waals surface area contributed by atoms with Crippen molar-refractivity contribution in [2.24, 2.45) is 0 Å². The van der Waals surface area contributed by atoms with Crippen LogP contribution in [0.25, 0.3) is 0 Å². The zero-order valence-electron chi connectivity index (χ0n) is 21.8. The van der Waals surface area contributed by atoms with E-state index in [0.29, 0.717) is 18.9 Å². The summed E-state index contributed by atoms with van der Waals surface area (Å²) in [6, 6.07) is 15.9. The van der Waals surface area contributed by atoms with E-state index in [1.165, 1.54) is 31.9 Å². The molecule has 0 fully saturated rings. The molecule has 1 atom stereocenters. The molecule has 1 unspecified atom stereocenters. The van der Waals surface area contributed by atoms with Crippen molar-refractivity contribution < 1.29 is 19.4 Å². The number of carboxylic acids is 1. The molecular formula is C29H42N2O4. The molecule has 2 aromatic carbocycles. The molecule has 2 amide bonds. The van der Waals surface area contributed by atoms with Crippen molar-refractivity contribution in [3.63, 3.8) is 0 Å². The van der Waals surface area contributed by atoms with Crippen molar-refractivity contribution >= 4 is 17.7 Å². The molecule has 0 spiro atoms. The van der Waals surface area contributed by atoms with Crippen molar-refractivity contribution in [3.8, 4) is 0 Å². The van der Waals surface area contributed by atoms with Crippen LogP contribution in [0, 0.1) is 0 Å². The Kier molecular flexibility index (Phi) is 12.3.